The molecule has 1 rings (SSSR count). The van der Waals surface area contributed by atoms with Crippen molar-refractivity contribution in [2.45, 2.75) is 45.2 Å². The number of rotatable bonds is 4. The van der Waals surface area contributed by atoms with Crippen molar-refractivity contribution in [1.29, 1.82) is 0 Å². The third-order valence-corrected chi connectivity index (χ3v) is 2.74. The number of hydrogen-bond donors (Lipinski definition) is 0. The standard InChI is InChI=1S/C9H18O5S/c1-5-7(14-15(4,10)11)8-6-12-9(2,3)13-8/h7-8H,5-6H2,1-4H3. The molecule has 90 valence electrons. The van der Waals surface area contributed by atoms with E-state index in [0.29, 0.717) is 13.0 Å². The number of ether oxygens (including phenoxy) is 2. The van der Waals surface area contributed by atoms with Crippen LogP contribution in [0.2, 0.25) is 0 Å². The Hall–Kier alpha value is -0.170. The Morgan fingerprint density at radius 1 is 1.53 bits per heavy atom. The molecule has 0 aromatic carbocycles. The fraction of sp³-hybridized carbons (Fsp3) is 1.00. The molecule has 2 atom stereocenters. The largest absolute Gasteiger partial charge is 0.348 e. The molecule has 0 spiro atoms. The minimum absolute atomic E-state index is 0.320. The lowest BCUT2D eigenvalue weighted by atomic mass is 10.2. The quantitative estimate of drug-likeness (QED) is 0.681. The van der Waals surface area contributed by atoms with E-state index in [9.17, 15) is 8.42 Å². The molecule has 0 aromatic rings. The first-order chi connectivity index (χ1) is 6.73. The molecule has 0 saturated carbocycles. The molecule has 0 aliphatic carbocycles. The highest BCUT2D eigenvalue weighted by molar-refractivity contribution is 7.86. The second kappa shape index (κ2) is 4.37. The second-order valence-corrected chi connectivity index (χ2v) is 5.71. The zero-order chi connectivity index (χ0) is 11.7. The Balaban J connectivity index is 2.61. The van der Waals surface area contributed by atoms with Crippen LogP contribution in [0, 0.1) is 0 Å². The highest BCUT2D eigenvalue weighted by Crippen LogP contribution is 2.26. The van der Waals surface area contributed by atoms with Crippen LogP contribution < -0.4 is 0 Å². The Kier molecular flexibility index (Phi) is 3.76. The van der Waals surface area contributed by atoms with Gasteiger partial charge in [0, 0.05) is 0 Å². The molecule has 0 bridgehead atoms. The predicted molar refractivity (Wildman–Crippen MR) is 54.9 cm³/mol. The third kappa shape index (κ3) is 4.06. The first-order valence-electron chi connectivity index (χ1n) is 4.93. The van der Waals surface area contributed by atoms with Crippen molar-refractivity contribution >= 4 is 10.1 Å². The highest BCUT2D eigenvalue weighted by atomic mass is 32.2. The summed E-state index contributed by atoms with van der Waals surface area (Å²) in [6, 6.07) is 0. The maximum Gasteiger partial charge on any atom is 0.264 e. The molecule has 6 heteroatoms. The maximum atomic E-state index is 11.0. The summed E-state index contributed by atoms with van der Waals surface area (Å²) in [6.45, 7) is 5.80. The van der Waals surface area contributed by atoms with Gasteiger partial charge >= 0.3 is 0 Å². The molecule has 0 aromatic heterocycles. The second-order valence-electron chi connectivity index (χ2n) is 4.11. The number of hydrogen-bond acceptors (Lipinski definition) is 5. The lowest BCUT2D eigenvalue weighted by Crippen LogP contribution is -2.34. The van der Waals surface area contributed by atoms with Gasteiger partial charge in [0.15, 0.2) is 5.79 Å². The molecule has 2 unspecified atom stereocenters. The van der Waals surface area contributed by atoms with E-state index in [2.05, 4.69) is 0 Å². The van der Waals surface area contributed by atoms with Gasteiger partial charge in [0.2, 0.25) is 0 Å². The van der Waals surface area contributed by atoms with E-state index >= 15 is 0 Å². The molecule has 15 heavy (non-hydrogen) atoms. The van der Waals surface area contributed by atoms with E-state index in [1.807, 2.05) is 6.92 Å². The Bertz CT molecular complexity index is 308. The van der Waals surface area contributed by atoms with Crippen molar-refractivity contribution in [3.8, 4) is 0 Å². The molecule has 1 fully saturated rings. The van der Waals surface area contributed by atoms with E-state index in [1.54, 1.807) is 13.8 Å². The Labute approximate surface area is 90.8 Å². The molecule has 1 heterocycles. The molecule has 5 nitrogen and oxygen atoms in total. The molecule has 1 aliphatic heterocycles. The van der Waals surface area contributed by atoms with Gasteiger partial charge in [-0.05, 0) is 20.3 Å². The van der Waals surface area contributed by atoms with Crippen molar-refractivity contribution in [1.82, 2.24) is 0 Å². The van der Waals surface area contributed by atoms with Gasteiger partial charge in [-0.15, -0.1) is 0 Å². The lowest BCUT2D eigenvalue weighted by molar-refractivity contribution is -0.148. The average Bonchev–Trinajstić information content (AvgIpc) is 2.40. The molecule has 1 aliphatic rings. The topological polar surface area (TPSA) is 61.8 Å². The summed E-state index contributed by atoms with van der Waals surface area (Å²) in [7, 11) is -3.45. The first-order valence-corrected chi connectivity index (χ1v) is 6.75. The summed E-state index contributed by atoms with van der Waals surface area (Å²) in [6.07, 6.45) is 0.815. The first kappa shape index (κ1) is 12.9. The molecular weight excluding hydrogens is 220 g/mol. The Morgan fingerprint density at radius 2 is 2.13 bits per heavy atom. The smallest absolute Gasteiger partial charge is 0.264 e. The summed E-state index contributed by atoms with van der Waals surface area (Å²) in [4.78, 5) is 0. The highest BCUT2D eigenvalue weighted by Gasteiger charge is 2.38. The van der Waals surface area contributed by atoms with Crippen LogP contribution >= 0.6 is 0 Å². The maximum absolute atomic E-state index is 11.0. The van der Waals surface area contributed by atoms with Crippen LogP contribution in [0.25, 0.3) is 0 Å². The average molecular weight is 238 g/mol. The molecule has 0 radical (unpaired) electrons. The molecule has 0 amide bonds. The van der Waals surface area contributed by atoms with Gasteiger partial charge in [0.1, 0.15) is 12.2 Å². The fourth-order valence-electron chi connectivity index (χ4n) is 1.52. The van der Waals surface area contributed by atoms with Crippen LogP contribution in [0.5, 0.6) is 0 Å². The van der Waals surface area contributed by atoms with Crippen LogP contribution in [-0.2, 0) is 23.8 Å². The van der Waals surface area contributed by atoms with Crippen molar-refractivity contribution in [2.75, 3.05) is 12.9 Å². The van der Waals surface area contributed by atoms with E-state index < -0.39 is 22.0 Å². The van der Waals surface area contributed by atoms with E-state index in [4.69, 9.17) is 13.7 Å². The third-order valence-electron chi connectivity index (χ3n) is 2.15. The van der Waals surface area contributed by atoms with Crippen molar-refractivity contribution in [3.63, 3.8) is 0 Å². The van der Waals surface area contributed by atoms with Gasteiger partial charge in [-0.3, -0.25) is 4.18 Å². The molecule has 1 saturated heterocycles. The van der Waals surface area contributed by atoms with Gasteiger partial charge in [-0.1, -0.05) is 6.92 Å². The zero-order valence-electron chi connectivity index (χ0n) is 9.52. The van der Waals surface area contributed by atoms with Gasteiger partial charge in [0.05, 0.1) is 12.9 Å². The van der Waals surface area contributed by atoms with Gasteiger partial charge < -0.3 is 9.47 Å². The van der Waals surface area contributed by atoms with Crippen molar-refractivity contribution < 1.29 is 22.1 Å². The van der Waals surface area contributed by atoms with Gasteiger partial charge in [-0.2, -0.15) is 8.42 Å². The normalized spacial score (nSPS) is 27.9. The van der Waals surface area contributed by atoms with Gasteiger partial charge in [0.25, 0.3) is 10.1 Å². The van der Waals surface area contributed by atoms with Crippen molar-refractivity contribution in [3.05, 3.63) is 0 Å². The summed E-state index contributed by atoms with van der Waals surface area (Å²) >= 11 is 0. The van der Waals surface area contributed by atoms with Crippen LogP contribution in [0.15, 0.2) is 0 Å². The SMILES string of the molecule is CCC(OS(C)(=O)=O)C1COC(C)(C)O1. The Morgan fingerprint density at radius 3 is 2.47 bits per heavy atom. The minimum Gasteiger partial charge on any atom is -0.348 e. The fourth-order valence-corrected chi connectivity index (χ4v) is 2.23. The zero-order valence-corrected chi connectivity index (χ0v) is 10.3. The summed E-state index contributed by atoms with van der Waals surface area (Å²) in [5, 5.41) is 0. The van der Waals surface area contributed by atoms with Gasteiger partial charge in [-0.25, -0.2) is 0 Å². The van der Waals surface area contributed by atoms with E-state index in [1.165, 1.54) is 0 Å². The molecular formula is C9H18O5S. The minimum atomic E-state index is -3.45. The van der Waals surface area contributed by atoms with Crippen LogP contribution in [0.1, 0.15) is 27.2 Å². The van der Waals surface area contributed by atoms with Crippen LogP contribution in [0.3, 0.4) is 0 Å². The summed E-state index contributed by atoms with van der Waals surface area (Å²) < 4.78 is 37.8. The summed E-state index contributed by atoms with van der Waals surface area (Å²) in [5.41, 5.74) is 0. The summed E-state index contributed by atoms with van der Waals surface area (Å²) in [5.74, 6) is -0.654. The van der Waals surface area contributed by atoms with Crippen LogP contribution in [-0.4, -0.2) is 39.3 Å². The monoisotopic (exact) mass is 238 g/mol. The van der Waals surface area contributed by atoms with Crippen molar-refractivity contribution in [2.24, 2.45) is 0 Å². The van der Waals surface area contributed by atoms with Crippen LogP contribution in [0.4, 0.5) is 0 Å². The van der Waals surface area contributed by atoms with E-state index in [0.717, 1.165) is 6.26 Å². The van der Waals surface area contributed by atoms with E-state index in [-0.39, 0.29) is 6.10 Å². The predicted octanol–water partition coefficient (Wildman–Crippen LogP) is 0.893. The lowest BCUT2D eigenvalue weighted by Gasteiger charge is -2.22. The molecule has 0 N–H and O–H groups in total.